The number of ketones is 1. The Kier molecular flexibility index (Phi) is 4.50. The van der Waals surface area contributed by atoms with Crippen LogP contribution in [0.1, 0.15) is 25.0 Å². The molecule has 1 atom stereocenters. The first kappa shape index (κ1) is 11.9. The number of aryl methyl sites for hydroxylation is 1. The van der Waals surface area contributed by atoms with Crippen LogP contribution >= 0.6 is 0 Å². The van der Waals surface area contributed by atoms with Gasteiger partial charge in [0.15, 0.2) is 5.78 Å². The second kappa shape index (κ2) is 5.66. The lowest BCUT2D eigenvalue weighted by Crippen LogP contribution is -2.20. The number of ether oxygens (including phenoxy) is 1. The molecule has 0 amide bonds. The molecule has 0 N–H and O–H groups in total. The fourth-order valence-corrected chi connectivity index (χ4v) is 1.37. The van der Waals surface area contributed by atoms with Crippen LogP contribution < -0.4 is 0 Å². The summed E-state index contributed by atoms with van der Waals surface area (Å²) in [5, 5.41) is 0. The maximum absolute atomic E-state index is 11.6. The van der Waals surface area contributed by atoms with Gasteiger partial charge in [0.05, 0.1) is 0 Å². The van der Waals surface area contributed by atoms with E-state index in [9.17, 15) is 4.79 Å². The Balaban J connectivity index is 2.61. The van der Waals surface area contributed by atoms with E-state index in [0.29, 0.717) is 6.42 Å². The van der Waals surface area contributed by atoms with Crippen LogP contribution in [0.15, 0.2) is 24.3 Å². The minimum Gasteiger partial charge on any atom is -0.374 e. The van der Waals surface area contributed by atoms with Gasteiger partial charge in [0.1, 0.15) is 6.10 Å². The number of hydrogen-bond donors (Lipinski definition) is 0. The highest BCUT2D eigenvalue weighted by Gasteiger charge is 2.11. The second-order valence-electron chi connectivity index (χ2n) is 3.69. The normalized spacial score (nSPS) is 12.5. The molecule has 0 bridgehead atoms. The van der Waals surface area contributed by atoms with Gasteiger partial charge >= 0.3 is 0 Å². The third-order valence-corrected chi connectivity index (χ3v) is 2.62. The summed E-state index contributed by atoms with van der Waals surface area (Å²) in [6.07, 6.45) is 1.18. The Labute approximate surface area is 91.3 Å². The van der Waals surface area contributed by atoms with E-state index in [2.05, 4.69) is 19.1 Å². The maximum Gasteiger partial charge on any atom is 0.165 e. The van der Waals surface area contributed by atoms with E-state index in [4.69, 9.17) is 4.74 Å². The predicted molar refractivity (Wildman–Crippen MR) is 61.0 cm³/mol. The van der Waals surface area contributed by atoms with E-state index in [1.165, 1.54) is 5.56 Å². The average molecular weight is 206 g/mol. The molecule has 15 heavy (non-hydrogen) atoms. The van der Waals surface area contributed by atoms with E-state index in [-0.39, 0.29) is 11.9 Å². The summed E-state index contributed by atoms with van der Waals surface area (Å²) >= 11 is 0. The van der Waals surface area contributed by atoms with Crippen molar-refractivity contribution in [2.45, 2.75) is 32.8 Å². The Hall–Kier alpha value is -1.15. The summed E-state index contributed by atoms with van der Waals surface area (Å²) in [4.78, 5) is 11.6. The lowest BCUT2D eigenvalue weighted by molar-refractivity contribution is -0.127. The third-order valence-electron chi connectivity index (χ3n) is 2.62. The summed E-state index contributed by atoms with van der Waals surface area (Å²) in [6.45, 7) is 3.90. The van der Waals surface area contributed by atoms with Crippen LogP contribution in [-0.2, 0) is 22.4 Å². The molecule has 0 saturated heterocycles. The number of carbonyl (C=O) groups is 1. The van der Waals surface area contributed by atoms with Gasteiger partial charge in [-0.05, 0) is 24.5 Å². The molecule has 0 heterocycles. The molecule has 0 spiro atoms. The first-order valence-electron chi connectivity index (χ1n) is 5.30. The SMILES string of the molecule is CCc1ccc(CC(=O)C(C)OC)cc1. The third kappa shape index (κ3) is 3.48. The summed E-state index contributed by atoms with van der Waals surface area (Å²) in [6, 6.07) is 8.17. The summed E-state index contributed by atoms with van der Waals surface area (Å²) in [5.74, 6) is 0.127. The Morgan fingerprint density at radius 1 is 1.27 bits per heavy atom. The smallest absolute Gasteiger partial charge is 0.165 e. The lowest BCUT2D eigenvalue weighted by Gasteiger charge is -2.08. The largest absolute Gasteiger partial charge is 0.374 e. The molecular weight excluding hydrogens is 188 g/mol. The molecular formula is C13H18O2. The number of methoxy groups -OCH3 is 1. The van der Waals surface area contributed by atoms with Crippen molar-refractivity contribution in [2.75, 3.05) is 7.11 Å². The fourth-order valence-electron chi connectivity index (χ4n) is 1.37. The van der Waals surface area contributed by atoms with E-state index < -0.39 is 0 Å². The van der Waals surface area contributed by atoms with Gasteiger partial charge in [0.25, 0.3) is 0 Å². The number of carbonyl (C=O) groups excluding carboxylic acids is 1. The molecule has 0 aliphatic heterocycles. The zero-order valence-electron chi connectivity index (χ0n) is 9.62. The highest BCUT2D eigenvalue weighted by atomic mass is 16.5. The lowest BCUT2D eigenvalue weighted by atomic mass is 10.0. The highest BCUT2D eigenvalue weighted by molar-refractivity contribution is 5.84. The van der Waals surface area contributed by atoms with Crippen LogP contribution in [0, 0.1) is 0 Å². The van der Waals surface area contributed by atoms with Crippen LogP contribution in [0.3, 0.4) is 0 Å². The summed E-state index contributed by atoms with van der Waals surface area (Å²) in [7, 11) is 1.56. The number of rotatable bonds is 5. The number of benzene rings is 1. The van der Waals surface area contributed by atoms with Gasteiger partial charge in [-0.25, -0.2) is 0 Å². The van der Waals surface area contributed by atoms with Crippen molar-refractivity contribution in [1.29, 1.82) is 0 Å². The molecule has 0 radical (unpaired) electrons. The van der Waals surface area contributed by atoms with Gasteiger partial charge in [-0.15, -0.1) is 0 Å². The maximum atomic E-state index is 11.6. The van der Waals surface area contributed by atoms with Crippen molar-refractivity contribution in [2.24, 2.45) is 0 Å². The van der Waals surface area contributed by atoms with Crippen LogP contribution in [0.5, 0.6) is 0 Å². The van der Waals surface area contributed by atoms with E-state index in [0.717, 1.165) is 12.0 Å². The van der Waals surface area contributed by atoms with E-state index in [1.54, 1.807) is 14.0 Å². The monoisotopic (exact) mass is 206 g/mol. The molecule has 1 rings (SSSR count). The van der Waals surface area contributed by atoms with Crippen molar-refractivity contribution >= 4 is 5.78 Å². The van der Waals surface area contributed by atoms with Crippen LogP contribution in [0.2, 0.25) is 0 Å². The van der Waals surface area contributed by atoms with Crippen LogP contribution in [-0.4, -0.2) is 19.0 Å². The highest BCUT2D eigenvalue weighted by Crippen LogP contribution is 2.07. The Morgan fingerprint density at radius 2 is 1.80 bits per heavy atom. The van der Waals surface area contributed by atoms with Crippen molar-refractivity contribution in [1.82, 2.24) is 0 Å². The first-order valence-corrected chi connectivity index (χ1v) is 5.30. The van der Waals surface area contributed by atoms with Crippen molar-refractivity contribution in [3.05, 3.63) is 35.4 Å². The number of hydrogen-bond acceptors (Lipinski definition) is 2. The molecule has 1 unspecified atom stereocenters. The minimum atomic E-state index is -0.309. The topological polar surface area (TPSA) is 26.3 Å². The van der Waals surface area contributed by atoms with Crippen molar-refractivity contribution < 1.29 is 9.53 Å². The van der Waals surface area contributed by atoms with E-state index >= 15 is 0 Å². The zero-order chi connectivity index (χ0) is 11.3. The molecule has 0 aliphatic rings. The first-order chi connectivity index (χ1) is 7.17. The van der Waals surface area contributed by atoms with Gasteiger partial charge in [-0.1, -0.05) is 31.2 Å². The molecule has 0 saturated carbocycles. The van der Waals surface area contributed by atoms with Gasteiger partial charge < -0.3 is 4.74 Å². The standard InChI is InChI=1S/C13H18O2/c1-4-11-5-7-12(8-6-11)9-13(14)10(2)15-3/h5-8,10H,4,9H2,1-3H3. The van der Waals surface area contributed by atoms with Crippen LogP contribution in [0.25, 0.3) is 0 Å². The molecule has 0 fully saturated rings. The second-order valence-corrected chi connectivity index (χ2v) is 3.69. The predicted octanol–water partition coefficient (Wildman–Crippen LogP) is 2.40. The van der Waals surface area contributed by atoms with Gasteiger partial charge in [-0.2, -0.15) is 0 Å². The fraction of sp³-hybridized carbons (Fsp3) is 0.462. The molecule has 2 nitrogen and oxygen atoms in total. The molecule has 82 valence electrons. The molecule has 1 aromatic rings. The summed E-state index contributed by atoms with van der Waals surface area (Å²) < 4.78 is 4.98. The Bertz CT molecular complexity index is 314. The average Bonchev–Trinajstić information content (AvgIpc) is 2.29. The Morgan fingerprint density at radius 3 is 2.27 bits per heavy atom. The number of Topliss-reactive ketones (excluding diaryl/α,β-unsaturated/α-hetero) is 1. The zero-order valence-corrected chi connectivity index (χ0v) is 9.62. The van der Waals surface area contributed by atoms with Gasteiger partial charge in [-0.3, -0.25) is 4.79 Å². The quantitative estimate of drug-likeness (QED) is 0.739. The molecule has 0 aromatic heterocycles. The van der Waals surface area contributed by atoms with Gasteiger partial charge in [0, 0.05) is 13.5 Å². The molecule has 0 aliphatic carbocycles. The van der Waals surface area contributed by atoms with Crippen LogP contribution in [0.4, 0.5) is 0 Å². The molecule has 1 aromatic carbocycles. The van der Waals surface area contributed by atoms with E-state index in [1.807, 2.05) is 12.1 Å². The van der Waals surface area contributed by atoms with Gasteiger partial charge in [0.2, 0.25) is 0 Å². The van der Waals surface area contributed by atoms with Crippen molar-refractivity contribution in [3.63, 3.8) is 0 Å². The minimum absolute atomic E-state index is 0.127. The summed E-state index contributed by atoms with van der Waals surface area (Å²) in [5.41, 5.74) is 2.35. The van der Waals surface area contributed by atoms with Crippen molar-refractivity contribution in [3.8, 4) is 0 Å². The molecule has 2 heteroatoms.